The van der Waals surface area contributed by atoms with Crippen LogP contribution in [0.2, 0.25) is 0 Å². The lowest BCUT2D eigenvalue weighted by Gasteiger charge is -2.08. The molecule has 23 heavy (non-hydrogen) atoms. The van der Waals surface area contributed by atoms with Crippen molar-refractivity contribution in [2.45, 2.75) is 0 Å². The maximum Gasteiger partial charge on any atom is 0.201 e. The molecule has 4 aromatic rings. The fourth-order valence-electron chi connectivity index (χ4n) is 2.63. The monoisotopic (exact) mass is 304 g/mol. The highest BCUT2D eigenvalue weighted by Gasteiger charge is 2.19. The highest BCUT2D eigenvalue weighted by Crippen LogP contribution is 2.33. The minimum atomic E-state index is -0.163. The highest BCUT2D eigenvalue weighted by molar-refractivity contribution is 5.88. The molecule has 2 aromatic heterocycles. The third-order valence-corrected chi connectivity index (χ3v) is 3.68. The summed E-state index contributed by atoms with van der Waals surface area (Å²) in [6, 6.07) is 17.2. The van der Waals surface area contributed by atoms with E-state index in [0.29, 0.717) is 28.1 Å². The second-order valence-corrected chi connectivity index (χ2v) is 5.16. The number of fused-ring (bicyclic) bond motifs is 1. The van der Waals surface area contributed by atoms with Crippen LogP contribution in [0.25, 0.3) is 33.6 Å². The quantitative estimate of drug-likeness (QED) is 0.595. The zero-order valence-electron chi connectivity index (χ0n) is 12.0. The molecule has 0 bridgehead atoms. The molecule has 0 fully saturated rings. The average molecular weight is 304 g/mol. The van der Waals surface area contributed by atoms with Gasteiger partial charge in [0.15, 0.2) is 11.5 Å². The van der Waals surface area contributed by atoms with E-state index in [0.717, 1.165) is 5.56 Å². The molecule has 0 saturated carbocycles. The van der Waals surface area contributed by atoms with Crippen molar-refractivity contribution in [3.63, 3.8) is 0 Å². The molecular formula is C19H12O4. The first-order chi connectivity index (χ1) is 11.2. The van der Waals surface area contributed by atoms with E-state index in [9.17, 15) is 9.90 Å². The fourth-order valence-corrected chi connectivity index (χ4v) is 2.63. The van der Waals surface area contributed by atoms with Crippen molar-refractivity contribution < 1.29 is 13.9 Å². The molecule has 2 aromatic carbocycles. The number of aromatic hydroxyl groups is 1. The second-order valence-electron chi connectivity index (χ2n) is 5.16. The van der Waals surface area contributed by atoms with E-state index >= 15 is 0 Å². The van der Waals surface area contributed by atoms with Gasteiger partial charge in [0, 0.05) is 6.07 Å². The van der Waals surface area contributed by atoms with Crippen LogP contribution in [0.4, 0.5) is 0 Å². The molecule has 4 heteroatoms. The first kappa shape index (κ1) is 13.4. The van der Waals surface area contributed by atoms with Crippen molar-refractivity contribution in [3.8, 4) is 28.4 Å². The van der Waals surface area contributed by atoms with Gasteiger partial charge >= 0.3 is 0 Å². The van der Waals surface area contributed by atoms with Gasteiger partial charge in [-0.05, 0) is 29.8 Å². The number of hydrogen-bond acceptors (Lipinski definition) is 4. The standard InChI is InChI=1S/C19H12O4/c20-13-8-9-14-16(11-13)23-19(15-7-4-10-22-15)17(18(14)21)12-5-2-1-3-6-12/h1-11,20H. The maximum atomic E-state index is 13.0. The van der Waals surface area contributed by atoms with E-state index in [-0.39, 0.29) is 11.2 Å². The first-order valence-electron chi connectivity index (χ1n) is 7.13. The molecule has 1 N–H and O–H groups in total. The van der Waals surface area contributed by atoms with Gasteiger partial charge in [0.2, 0.25) is 5.43 Å². The molecule has 0 unspecified atom stereocenters. The van der Waals surface area contributed by atoms with E-state index in [1.165, 1.54) is 18.4 Å². The van der Waals surface area contributed by atoms with Crippen molar-refractivity contribution >= 4 is 11.0 Å². The summed E-state index contributed by atoms with van der Waals surface area (Å²) >= 11 is 0. The van der Waals surface area contributed by atoms with Crippen LogP contribution in [0.3, 0.4) is 0 Å². The molecule has 0 aliphatic heterocycles. The lowest BCUT2D eigenvalue weighted by molar-refractivity contribution is 0.473. The van der Waals surface area contributed by atoms with Gasteiger partial charge in [-0.1, -0.05) is 30.3 Å². The Balaban J connectivity index is 2.14. The number of hydrogen-bond donors (Lipinski definition) is 1. The van der Waals surface area contributed by atoms with Crippen LogP contribution in [0.15, 0.2) is 80.6 Å². The first-order valence-corrected chi connectivity index (χ1v) is 7.13. The summed E-state index contributed by atoms with van der Waals surface area (Å²) in [5.41, 5.74) is 1.35. The molecule has 0 aliphatic rings. The molecule has 2 heterocycles. The Kier molecular flexibility index (Phi) is 3.01. The maximum absolute atomic E-state index is 13.0. The van der Waals surface area contributed by atoms with Gasteiger partial charge < -0.3 is 13.9 Å². The van der Waals surface area contributed by atoms with Gasteiger partial charge in [0.1, 0.15) is 11.3 Å². The molecule has 0 atom stereocenters. The lowest BCUT2D eigenvalue weighted by atomic mass is 10.0. The van der Waals surface area contributed by atoms with E-state index in [2.05, 4.69) is 0 Å². The van der Waals surface area contributed by atoms with Crippen molar-refractivity contribution in [1.29, 1.82) is 0 Å². The molecule has 0 aliphatic carbocycles. The van der Waals surface area contributed by atoms with E-state index in [4.69, 9.17) is 8.83 Å². The van der Waals surface area contributed by atoms with Crippen molar-refractivity contribution in [3.05, 3.63) is 77.2 Å². The number of furan rings is 1. The van der Waals surface area contributed by atoms with Crippen molar-refractivity contribution in [2.75, 3.05) is 0 Å². The van der Waals surface area contributed by atoms with Crippen LogP contribution in [-0.4, -0.2) is 5.11 Å². The molecular weight excluding hydrogens is 292 g/mol. The molecule has 0 amide bonds. The van der Waals surface area contributed by atoms with E-state index in [1.807, 2.05) is 30.3 Å². The van der Waals surface area contributed by atoms with Crippen LogP contribution >= 0.6 is 0 Å². The van der Waals surface area contributed by atoms with Crippen molar-refractivity contribution in [1.82, 2.24) is 0 Å². The Morgan fingerprint density at radius 1 is 0.913 bits per heavy atom. The summed E-state index contributed by atoms with van der Waals surface area (Å²) in [5, 5.41) is 10.1. The number of benzene rings is 2. The van der Waals surface area contributed by atoms with Crippen LogP contribution in [0.5, 0.6) is 5.75 Å². The summed E-state index contributed by atoms with van der Waals surface area (Å²) < 4.78 is 11.3. The summed E-state index contributed by atoms with van der Waals surface area (Å²) in [6.07, 6.45) is 1.52. The Hall–Kier alpha value is -3.27. The minimum Gasteiger partial charge on any atom is -0.508 e. The van der Waals surface area contributed by atoms with Crippen LogP contribution in [0, 0.1) is 0 Å². The van der Waals surface area contributed by atoms with Crippen LogP contribution in [0.1, 0.15) is 0 Å². The van der Waals surface area contributed by atoms with E-state index < -0.39 is 0 Å². The fraction of sp³-hybridized carbons (Fsp3) is 0. The largest absolute Gasteiger partial charge is 0.508 e. The number of phenolic OH excluding ortho intramolecular Hbond substituents is 1. The molecule has 4 rings (SSSR count). The summed E-state index contributed by atoms with van der Waals surface area (Å²) in [5.74, 6) is 0.856. The number of phenols is 1. The summed E-state index contributed by atoms with van der Waals surface area (Å²) in [7, 11) is 0. The normalized spacial score (nSPS) is 11.0. The third-order valence-electron chi connectivity index (χ3n) is 3.68. The zero-order chi connectivity index (χ0) is 15.8. The van der Waals surface area contributed by atoms with Crippen molar-refractivity contribution in [2.24, 2.45) is 0 Å². The smallest absolute Gasteiger partial charge is 0.201 e. The predicted molar refractivity (Wildman–Crippen MR) is 87.3 cm³/mol. The Labute approximate surface area is 131 Å². The summed E-state index contributed by atoms with van der Waals surface area (Å²) in [4.78, 5) is 13.0. The molecule has 112 valence electrons. The van der Waals surface area contributed by atoms with Gasteiger partial charge in [-0.15, -0.1) is 0 Å². The number of rotatable bonds is 2. The third kappa shape index (κ3) is 2.21. The Morgan fingerprint density at radius 3 is 2.48 bits per heavy atom. The average Bonchev–Trinajstić information content (AvgIpc) is 3.09. The molecule has 0 spiro atoms. The van der Waals surface area contributed by atoms with E-state index in [1.54, 1.807) is 18.2 Å². The van der Waals surface area contributed by atoms with Gasteiger partial charge in [0.25, 0.3) is 0 Å². The minimum absolute atomic E-state index is 0.0403. The summed E-state index contributed by atoms with van der Waals surface area (Å²) in [6.45, 7) is 0. The molecule has 0 saturated heterocycles. The SMILES string of the molecule is O=c1c(-c2ccccc2)c(-c2ccco2)oc2cc(O)ccc12. The predicted octanol–water partition coefficient (Wildman–Crippen LogP) is 4.43. The topological polar surface area (TPSA) is 63.6 Å². The van der Waals surface area contributed by atoms with Gasteiger partial charge in [0.05, 0.1) is 17.2 Å². The van der Waals surface area contributed by atoms with Crippen LogP contribution in [-0.2, 0) is 0 Å². The molecule has 0 radical (unpaired) electrons. The van der Waals surface area contributed by atoms with Crippen LogP contribution < -0.4 is 5.43 Å². The Morgan fingerprint density at radius 2 is 1.74 bits per heavy atom. The zero-order valence-corrected chi connectivity index (χ0v) is 12.0. The van der Waals surface area contributed by atoms with Gasteiger partial charge in [-0.2, -0.15) is 0 Å². The second kappa shape index (κ2) is 5.18. The van der Waals surface area contributed by atoms with Gasteiger partial charge in [-0.3, -0.25) is 4.79 Å². The highest BCUT2D eigenvalue weighted by atomic mass is 16.4. The Bertz CT molecular complexity index is 1030. The lowest BCUT2D eigenvalue weighted by Crippen LogP contribution is -2.07. The molecule has 4 nitrogen and oxygen atoms in total. The van der Waals surface area contributed by atoms with Gasteiger partial charge in [-0.25, -0.2) is 0 Å².